The summed E-state index contributed by atoms with van der Waals surface area (Å²) in [6.45, 7) is 4.81. The molecule has 2 aliphatic heterocycles. The van der Waals surface area contributed by atoms with Crippen molar-refractivity contribution in [2.24, 2.45) is 11.8 Å². The van der Waals surface area contributed by atoms with Gasteiger partial charge in [0.05, 0.1) is 0 Å². The molecule has 0 amide bonds. The fourth-order valence-corrected chi connectivity index (χ4v) is 7.39. The van der Waals surface area contributed by atoms with Crippen molar-refractivity contribution >= 4 is 5.97 Å². The van der Waals surface area contributed by atoms with E-state index in [-0.39, 0.29) is 12.0 Å². The lowest BCUT2D eigenvalue weighted by Gasteiger charge is -2.35. The fourth-order valence-electron chi connectivity index (χ4n) is 7.39. The van der Waals surface area contributed by atoms with Crippen LogP contribution in [0.5, 0.6) is 0 Å². The predicted molar refractivity (Wildman–Crippen MR) is 152 cm³/mol. The molecule has 39 heavy (non-hydrogen) atoms. The number of aromatic amines is 1. The van der Waals surface area contributed by atoms with Crippen LogP contribution < -0.4 is 0 Å². The Hall–Kier alpha value is -3.03. The van der Waals surface area contributed by atoms with Crippen molar-refractivity contribution in [2.75, 3.05) is 32.7 Å². The minimum absolute atomic E-state index is 0.282. The minimum atomic E-state index is -0.628. The van der Waals surface area contributed by atoms with Gasteiger partial charge in [-0.15, -0.1) is 0 Å². The van der Waals surface area contributed by atoms with Crippen LogP contribution in [0.3, 0.4) is 0 Å². The number of carboxylic acids is 1. The Labute approximate surface area is 231 Å². The summed E-state index contributed by atoms with van der Waals surface area (Å²) < 4.78 is 0. The number of piperidine rings is 1. The zero-order valence-corrected chi connectivity index (χ0v) is 22.8. The van der Waals surface area contributed by atoms with Crippen molar-refractivity contribution in [2.45, 2.75) is 62.8 Å². The number of hydrogen-bond acceptors (Lipinski definition) is 5. The molecule has 6 rings (SSSR count). The summed E-state index contributed by atoms with van der Waals surface area (Å²) in [5.41, 5.74) is 2.39. The molecule has 0 bridgehead atoms. The SMILES string of the molecule is O=C(O)C(C1CCCCC1)N1CC(CN2CCC(c3nc(-c4ccccc4)n[nH]3)CC2)C(c2ccccc2)C1. The third-order valence-electron chi connectivity index (χ3n) is 9.44. The van der Waals surface area contributed by atoms with E-state index in [0.29, 0.717) is 17.8 Å². The number of hydrogen-bond donors (Lipinski definition) is 2. The molecule has 2 N–H and O–H groups in total. The molecule has 1 aromatic heterocycles. The van der Waals surface area contributed by atoms with Gasteiger partial charge in [-0.1, -0.05) is 79.9 Å². The molecule has 0 radical (unpaired) electrons. The maximum absolute atomic E-state index is 12.5. The van der Waals surface area contributed by atoms with Gasteiger partial charge >= 0.3 is 5.97 Å². The first-order chi connectivity index (χ1) is 19.2. The summed E-state index contributed by atoms with van der Waals surface area (Å²) in [4.78, 5) is 22.3. The number of likely N-dealkylation sites (tertiary alicyclic amines) is 2. The lowest BCUT2D eigenvalue weighted by Crippen LogP contribution is -2.46. The molecule has 3 atom stereocenters. The second-order valence-electron chi connectivity index (χ2n) is 11.9. The number of aromatic nitrogens is 3. The standard InChI is InChI=1S/C32H41N5O2/c38-32(39)29(24-12-6-2-7-13-24)37-21-27(28(22-37)23-10-4-1-5-11-23)20-36-18-16-26(17-19-36)31-33-30(34-35-31)25-14-8-3-9-15-25/h1,3-5,8-11,14-15,24,26-29H,2,6-7,12-13,16-22H2,(H,38,39)(H,33,34,35). The number of benzene rings is 2. The zero-order chi connectivity index (χ0) is 26.6. The van der Waals surface area contributed by atoms with E-state index in [4.69, 9.17) is 4.98 Å². The summed E-state index contributed by atoms with van der Waals surface area (Å²) in [6.07, 6.45) is 7.81. The first-order valence-corrected chi connectivity index (χ1v) is 14.9. The molecule has 2 saturated heterocycles. The third kappa shape index (κ3) is 5.94. The Morgan fingerprint density at radius 1 is 0.923 bits per heavy atom. The largest absolute Gasteiger partial charge is 0.480 e. The molecule has 7 heteroatoms. The van der Waals surface area contributed by atoms with Gasteiger partial charge in [-0.25, -0.2) is 4.98 Å². The highest BCUT2D eigenvalue weighted by molar-refractivity contribution is 5.74. The topological polar surface area (TPSA) is 85.3 Å². The number of nitrogens with one attached hydrogen (secondary N) is 1. The third-order valence-corrected chi connectivity index (χ3v) is 9.44. The van der Waals surface area contributed by atoms with E-state index in [2.05, 4.69) is 50.3 Å². The molecule has 0 spiro atoms. The van der Waals surface area contributed by atoms with Crippen LogP contribution in [0.4, 0.5) is 0 Å². The van der Waals surface area contributed by atoms with E-state index in [1.807, 2.05) is 30.3 Å². The summed E-state index contributed by atoms with van der Waals surface area (Å²) in [7, 11) is 0. The van der Waals surface area contributed by atoms with Crippen molar-refractivity contribution in [3.8, 4) is 11.4 Å². The molecule has 1 aliphatic carbocycles. The number of rotatable bonds is 8. The van der Waals surface area contributed by atoms with Gasteiger partial charge in [-0.05, 0) is 56.2 Å². The Kier molecular flexibility index (Phi) is 8.07. The maximum Gasteiger partial charge on any atom is 0.321 e. The van der Waals surface area contributed by atoms with Gasteiger partial charge in [-0.3, -0.25) is 14.8 Å². The Bertz CT molecular complexity index is 1200. The van der Waals surface area contributed by atoms with Crippen LogP contribution in [0, 0.1) is 11.8 Å². The fraction of sp³-hybridized carbons (Fsp3) is 0.531. The van der Waals surface area contributed by atoms with Crippen molar-refractivity contribution in [1.82, 2.24) is 25.0 Å². The Morgan fingerprint density at radius 2 is 1.62 bits per heavy atom. The van der Waals surface area contributed by atoms with E-state index in [0.717, 1.165) is 75.6 Å². The first kappa shape index (κ1) is 26.2. The van der Waals surface area contributed by atoms with Crippen LogP contribution in [0.2, 0.25) is 0 Å². The second kappa shape index (κ2) is 12.0. The van der Waals surface area contributed by atoms with Gasteiger partial charge in [-0.2, -0.15) is 5.10 Å². The van der Waals surface area contributed by atoms with Crippen molar-refractivity contribution < 1.29 is 9.90 Å². The van der Waals surface area contributed by atoms with E-state index in [1.165, 1.54) is 24.8 Å². The van der Waals surface area contributed by atoms with Crippen LogP contribution in [0.1, 0.15) is 68.2 Å². The molecule has 2 aromatic carbocycles. The van der Waals surface area contributed by atoms with Gasteiger partial charge in [0, 0.05) is 37.0 Å². The average molecular weight is 528 g/mol. The summed E-state index contributed by atoms with van der Waals surface area (Å²) in [6, 6.07) is 20.6. The molecular formula is C32H41N5O2. The smallest absolute Gasteiger partial charge is 0.321 e. The number of nitrogens with zero attached hydrogens (tertiary/aromatic N) is 4. The highest BCUT2D eigenvalue weighted by Crippen LogP contribution is 2.39. The van der Waals surface area contributed by atoms with Crippen molar-refractivity contribution in [1.29, 1.82) is 0 Å². The van der Waals surface area contributed by atoms with Gasteiger partial charge < -0.3 is 10.0 Å². The van der Waals surface area contributed by atoms with E-state index in [9.17, 15) is 9.90 Å². The number of aliphatic carboxylic acids is 1. The Morgan fingerprint density at radius 3 is 2.31 bits per heavy atom. The van der Waals surface area contributed by atoms with Gasteiger partial charge in [0.1, 0.15) is 11.9 Å². The van der Waals surface area contributed by atoms with E-state index >= 15 is 0 Å². The van der Waals surface area contributed by atoms with Crippen molar-refractivity contribution in [3.63, 3.8) is 0 Å². The quantitative estimate of drug-likeness (QED) is 0.408. The van der Waals surface area contributed by atoms with Crippen molar-refractivity contribution in [3.05, 3.63) is 72.1 Å². The molecular weight excluding hydrogens is 486 g/mol. The van der Waals surface area contributed by atoms with E-state index < -0.39 is 5.97 Å². The molecule has 7 nitrogen and oxygen atoms in total. The summed E-state index contributed by atoms with van der Waals surface area (Å²) in [5, 5.41) is 18.0. The molecule has 206 valence electrons. The lowest BCUT2D eigenvalue weighted by molar-refractivity contribution is -0.145. The monoisotopic (exact) mass is 527 g/mol. The van der Waals surface area contributed by atoms with Gasteiger partial charge in [0.2, 0.25) is 0 Å². The number of H-pyrrole nitrogens is 1. The second-order valence-corrected chi connectivity index (χ2v) is 11.9. The minimum Gasteiger partial charge on any atom is -0.480 e. The van der Waals surface area contributed by atoms with Crippen LogP contribution in [-0.2, 0) is 4.79 Å². The highest BCUT2D eigenvalue weighted by Gasteiger charge is 2.43. The van der Waals surface area contributed by atoms with Crippen LogP contribution in [0.15, 0.2) is 60.7 Å². The number of carbonyl (C=O) groups is 1. The van der Waals surface area contributed by atoms with E-state index in [1.54, 1.807) is 0 Å². The average Bonchev–Trinajstić information content (AvgIpc) is 3.63. The van der Waals surface area contributed by atoms with Crippen LogP contribution >= 0.6 is 0 Å². The first-order valence-electron chi connectivity index (χ1n) is 14.9. The van der Waals surface area contributed by atoms with Crippen LogP contribution in [-0.4, -0.2) is 74.8 Å². The Balaban J connectivity index is 1.12. The molecule has 3 fully saturated rings. The van der Waals surface area contributed by atoms with Gasteiger partial charge in [0.15, 0.2) is 5.82 Å². The lowest BCUT2D eigenvalue weighted by atomic mass is 9.83. The summed E-state index contributed by atoms with van der Waals surface area (Å²) in [5.74, 6) is 2.64. The van der Waals surface area contributed by atoms with Crippen LogP contribution in [0.25, 0.3) is 11.4 Å². The normalized spacial score (nSPS) is 24.6. The molecule has 3 aromatic rings. The number of carboxylic acid groups (broad SMARTS) is 1. The molecule has 1 saturated carbocycles. The van der Waals surface area contributed by atoms with Gasteiger partial charge in [0.25, 0.3) is 0 Å². The highest BCUT2D eigenvalue weighted by atomic mass is 16.4. The molecule has 3 unspecified atom stereocenters. The molecule has 3 heterocycles. The summed E-state index contributed by atoms with van der Waals surface area (Å²) >= 11 is 0. The molecule has 3 aliphatic rings. The zero-order valence-electron chi connectivity index (χ0n) is 22.8. The maximum atomic E-state index is 12.5. The predicted octanol–water partition coefficient (Wildman–Crippen LogP) is 5.40.